The van der Waals surface area contributed by atoms with E-state index in [2.05, 4.69) is 0 Å². The number of ether oxygens (including phenoxy) is 1. The Bertz CT molecular complexity index is 135. The van der Waals surface area contributed by atoms with Crippen LogP contribution in [0.1, 0.15) is 33.6 Å². The van der Waals surface area contributed by atoms with Crippen molar-refractivity contribution in [1.29, 1.82) is 0 Å². The Balaban J connectivity index is 3.44. The van der Waals surface area contributed by atoms with Crippen molar-refractivity contribution < 1.29 is 14.6 Å². The van der Waals surface area contributed by atoms with Gasteiger partial charge >= 0.3 is 5.97 Å². The molecule has 0 aliphatic carbocycles. The Morgan fingerprint density at radius 2 is 1.92 bits per heavy atom. The Kier molecular flexibility index (Phi) is 4.90. The molecule has 0 rings (SSSR count). The van der Waals surface area contributed by atoms with Crippen molar-refractivity contribution in [2.75, 3.05) is 13.2 Å². The lowest BCUT2D eigenvalue weighted by molar-refractivity contribution is -0.146. The van der Waals surface area contributed by atoms with Crippen molar-refractivity contribution in [3.63, 3.8) is 0 Å². The standard InChI is InChI=1S/C9H17O3/c1-9(2,3)7-12-8(11)5-4-6-10/h4-7H2,1-3H3. The van der Waals surface area contributed by atoms with Crippen molar-refractivity contribution in [2.24, 2.45) is 5.41 Å². The molecular weight excluding hydrogens is 156 g/mol. The van der Waals surface area contributed by atoms with Crippen LogP contribution in [-0.4, -0.2) is 19.2 Å². The molecule has 3 nitrogen and oxygen atoms in total. The molecule has 0 aromatic rings. The number of hydrogen-bond donors (Lipinski definition) is 0. The highest BCUT2D eigenvalue weighted by atomic mass is 16.5. The Morgan fingerprint density at radius 1 is 1.33 bits per heavy atom. The molecule has 71 valence electrons. The van der Waals surface area contributed by atoms with Gasteiger partial charge in [0.2, 0.25) is 0 Å². The van der Waals surface area contributed by atoms with Gasteiger partial charge in [-0.3, -0.25) is 4.79 Å². The van der Waals surface area contributed by atoms with E-state index >= 15 is 0 Å². The zero-order valence-electron chi connectivity index (χ0n) is 8.05. The number of hydrogen-bond acceptors (Lipinski definition) is 2. The molecule has 0 aliphatic rings. The van der Waals surface area contributed by atoms with Crippen molar-refractivity contribution in [2.45, 2.75) is 33.6 Å². The average Bonchev–Trinajstić information content (AvgIpc) is 1.95. The first-order valence-corrected chi connectivity index (χ1v) is 4.19. The van der Waals surface area contributed by atoms with Gasteiger partial charge in [-0.2, -0.15) is 0 Å². The van der Waals surface area contributed by atoms with E-state index in [0.29, 0.717) is 13.0 Å². The van der Waals surface area contributed by atoms with Gasteiger partial charge in [-0.25, -0.2) is 5.11 Å². The van der Waals surface area contributed by atoms with Gasteiger partial charge < -0.3 is 4.74 Å². The zero-order chi connectivity index (χ0) is 9.61. The minimum absolute atomic E-state index is 0.00707. The van der Waals surface area contributed by atoms with Crippen molar-refractivity contribution in [3.05, 3.63) is 0 Å². The highest BCUT2D eigenvalue weighted by molar-refractivity contribution is 5.69. The fourth-order valence-electron chi connectivity index (χ4n) is 0.586. The van der Waals surface area contributed by atoms with Crippen LogP contribution in [0.25, 0.3) is 0 Å². The topological polar surface area (TPSA) is 46.2 Å². The van der Waals surface area contributed by atoms with E-state index in [1.807, 2.05) is 20.8 Å². The largest absolute Gasteiger partial charge is 0.465 e. The summed E-state index contributed by atoms with van der Waals surface area (Å²) in [5, 5.41) is 10.0. The van der Waals surface area contributed by atoms with Crippen molar-refractivity contribution in [3.8, 4) is 0 Å². The average molecular weight is 173 g/mol. The van der Waals surface area contributed by atoms with Gasteiger partial charge in [0, 0.05) is 6.42 Å². The van der Waals surface area contributed by atoms with Gasteiger partial charge in [-0.1, -0.05) is 20.8 Å². The third kappa shape index (κ3) is 7.54. The summed E-state index contributed by atoms with van der Waals surface area (Å²) >= 11 is 0. The van der Waals surface area contributed by atoms with Crippen LogP contribution in [0.15, 0.2) is 0 Å². The predicted octanol–water partition coefficient (Wildman–Crippen LogP) is 1.79. The molecular formula is C9H17O3. The molecule has 0 atom stereocenters. The zero-order valence-corrected chi connectivity index (χ0v) is 8.05. The normalized spacial score (nSPS) is 11.3. The molecule has 0 aliphatic heterocycles. The molecule has 0 fully saturated rings. The predicted molar refractivity (Wildman–Crippen MR) is 45.2 cm³/mol. The number of carbonyl (C=O) groups excluding carboxylic acids is 1. The van der Waals surface area contributed by atoms with E-state index in [1.165, 1.54) is 0 Å². The molecule has 0 saturated heterocycles. The lowest BCUT2D eigenvalue weighted by atomic mass is 9.99. The first-order valence-electron chi connectivity index (χ1n) is 4.19. The second-order valence-electron chi connectivity index (χ2n) is 4.03. The highest BCUT2D eigenvalue weighted by Crippen LogP contribution is 2.13. The molecule has 3 heteroatoms. The van der Waals surface area contributed by atoms with Gasteiger partial charge in [-0.05, 0) is 11.8 Å². The van der Waals surface area contributed by atoms with E-state index in [1.54, 1.807) is 0 Å². The summed E-state index contributed by atoms with van der Waals surface area (Å²) in [6.07, 6.45) is 0.628. The van der Waals surface area contributed by atoms with Crippen molar-refractivity contribution >= 4 is 5.97 Å². The number of esters is 1. The molecule has 0 N–H and O–H groups in total. The van der Waals surface area contributed by atoms with E-state index in [4.69, 9.17) is 4.74 Å². The van der Waals surface area contributed by atoms with E-state index in [9.17, 15) is 9.90 Å². The van der Waals surface area contributed by atoms with Crippen LogP contribution < -0.4 is 0 Å². The monoisotopic (exact) mass is 173 g/mol. The number of carbonyl (C=O) groups is 1. The van der Waals surface area contributed by atoms with Gasteiger partial charge in [-0.15, -0.1) is 0 Å². The molecule has 0 amide bonds. The maximum atomic E-state index is 10.9. The second-order valence-corrected chi connectivity index (χ2v) is 4.03. The van der Waals surface area contributed by atoms with Crippen LogP contribution in [0.3, 0.4) is 0 Å². The molecule has 0 heterocycles. The Labute approximate surface area is 73.7 Å². The molecule has 0 spiro atoms. The molecule has 1 radical (unpaired) electrons. The van der Waals surface area contributed by atoms with Gasteiger partial charge in [0.15, 0.2) is 0 Å². The van der Waals surface area contributed by atoms with Crippen LogP contribution in [-0.2, 0) is 14.6 Å². The first-order chi connectivity index (χ1) is 5.45. The summed E-state index contributed by atoms with van der Waals surface area (Å²) in [6, 6.07) is 0. The summed E-state index contributed by atoms with van der Waals surface area (Å²) in [6.45, 7) is 6.20. The first kappa shape index (κ1) is 11.4. The molecule has 0 aromatic heterocycles. The minimum atomic E-state index is -0.263. The van der Waals surface area contributed by atoms with E-state index in [0.717, 1.165) is 0 Å². The summed E-state index contributed by atoms with van der Waals surface area (Å²) in [5.41, 5.74) is 0.00707. The minimum Gasteiger partial charge on any atom is -0.465 e. The molecule has 0 saturated carbocycles. The van der Waals surface area contributed by atoms with Crippen LogP contribution in [0, 0.1) is 5.41 Å². The molecule has 0 bridgehead atoms. The fourth-order valence-corrected chi connectivity index (χ4v) is 0.586. The molecule has 0 unspecified atom stereocenters. The maximum absolute atomic E-state index is 10.9. The lowest BCUT2D eigenvalue weighted by Gasteiger charge is -2.17. The third-order valence-electron chi connectivity index (χ3n) is 1.19. The SMILES string of the molecule is CC(C)(C)COC(=O)CCC[O]. The van der Waals surface area contributed by atoms with Crippen LogP contribution >= 0.6 is 0 Å². The summed E-state index contributed by atoms with van der Waals surface area (Å²) in [7, 11) is 0. The van der Waals surface area contributed by atoms with E-state index < -0.39 is 0 Å². The number of rotatable bonds is 4. The van der Waals surface area contributed by atoms with Crippen LogP contribution in [0.2, 0.25) is 0 Å². The molecule has 12 heavy (non-hydrogen) atoms. The summed E-state index contributed by atoms with van der Waals surface area (Å²) in [5.74, 6) is -0.263. The van der Waals surface area contributed by atoms with Crippen molar-refractivity contribution in [1.82, 2.24) is 0 Å². The van der Waals surface area contributed by atoms with Gasteiger partial charge in [0.1, 0.15) is 0 Å². The molecule has 0 aromatic carbocycles. The fraction of sp³-hybridized carbons (Fsp3) is 0.889. The van der Waals surface area contributed by atoms with E-state index in [-0.39, 0.29) is 24.4 Å². The van der Waals surface area contributed by atoms with Crippen LogP contribution in [0.4, 0.5) is 0 Å². The van der Waals surface area contributed by atoms with Gasteiger partial charge in [0.25, 0.3) is 0 Å². The Morgan fingerprint density at radius 3 is 2.33 bits per heavy atom. The highest BCUT2D eigenvalue weighted by Gasteiger charge is 2.13. The smallest absolute Gasteiger partial charge is 0.305 e. The maximum Gasteiger partial charge on any atom is 0.305 e. The van der Waals surface area contributed by atoms with Crippen LogP contribution in [0.5, 0.6) is 0 Å². The summed E-state index contributed by atoms with van der Waals surface area (Å²) < 4.78 is 4.93. The Hall–Kier alpha value is -0.570. The third-order valence-corrected chi connectivity index (χ3v) is 1.19. The quantitative estimate of drug-likeness (QED) is 0.608. The lowest BCUT2D eigenvalue weighted by Crippen LogP contribution is -2.18. The summed E-state index contributed by atoms with van der Waals surface area (Å²) in [4.78, 5) is 10.9. The second kappa shape index (κ2) is 5.14. The van der Waals surface area contributed by atoms with Gasteiger partial charge in [0.05, 0.1) is 13.2 Å².